The predicted molar refractivity (Wildman–Crippen MR) is 235 cm³/mol. The van der Waals surface area contributed by atoms with Crippen molar-refractivity contribution in [2.45, 2.75) is 88.9 Å². The van der Waals surface area contributed by atoms with Gasteiger partial charge in [0.2, 0.25) is 5.91 Å². The fourth-order valence-corrected chi connectivity index (χ4v) is 8.12. The molecule has 3 aliphatic rings. The fourth-order valence-electron chi connectivity index (χ4n) is 7.85. The molecule has 3 fully saturated rings. The third-order valence-corrected chi connectivity index (χ3v) is 12.1. The van der Waals surface area contributed by atoms with Crippen molar-refractivity contribution in [2.75, 3.05) is 53.0 Å². The van der Waals surface area contributed by atoms with Crippen molar-refractivity contribution in [2.24, 2.45) is 0 Å². The Hall–Kier alpha value is -4.88. The van der Waals surface area contributed by atoms with E-state index >= 15 is 0 Å². The van der Waals surface area contributed by atoms with Crippen LogP contribution in [0.3, 0.4) is 0 Å². The molecular formula is C47H57ClN6O6. The van der Waals surface area contributed by atoms with Crippen LogP contribution in [0.4, 0.5) is 0 Å². The molecule has 60 heavy (non-hydrogen) atoms. The normalized spacial score (nSPS) is 17.0. The summed E-state index contributed by atoms with van der Waals surface area (Å²) >= 11 is 6.47. The standard InChI is InChI=1S/C40H49ClN6O6.C7H8/c1-45-16-11-29(12-17-45)52-20-21-53-30-8-10-32-35(23-30)43-26-47(39(32)50)25-40(51)13-18-46(19-14-40)37(48)4-2-3-15-42-38(49)28-7-9-31-33(41)24-34(27-5-6-27)44-36(31)22-28;1-7-5-3-2-4-6-7/h7-10,22-24,26-27,29,51H,2-6,11-21,25H2,1H3,(H,42,49);2-6H,1H3. The number of unbranched alkanes of at least 4 members (excludes halogenated alkanes) is 1. The molecule has 1 saturated carbocycles. The van der Waals surface area contributed by atoms with Crippen molar-refractivity contribution < 1.29 is 24.2 Å². The Bertz CT molecular complexity index is 2300. The molecular weight excluding hydrogens is 780 g/mol. The number of fused-ring (bicyclic) bond motifs is 2. The lowest BCUT2D eigenvalue weighted by Gasteiger charge is -2.38. The first-order valence-corrected chi connectivity index (χ1v) is 21.7. The van der Waals surface area contributed by atoms with Crippen LogP contribution in [-0.2, 0) is 16.1 Å². The number of carbonyl (C=O) groups is 2. The van der Waals surface area contributed by atoms with Gasteiger partial charge in [-0.1, -0.05) is 53.6 Å². The minimum atomic E-state index is -1.12. The van der Waals surface area contributed by atoms with Gasteiger partial charge in [-0.25, -0.2) is 4.98 Å². The van der Waals surface area contributed by atoms with Gasteiger partial charge in [-0.2, -0.15) is 0 Å². The molecule has 2 aliphatic heterocycles. The number of aryl methyl sites for hydroxylation is 1. The lowest BCUT2D eigenvalue weighted by atomic mass is 9.91. The van der Waals surface area contributed by atoms with Crippen LogP contribution < -0.4 is 15.6 Å². The average molecular weight is 837 g/mol. The highest BCUT2D eigenvalue weighted by Gasteiger charge is 2.34. The molecule has 0 bridgehead atoms. The van der Waals surface area contributed by atoms with Gasteiger partial charge >= 0.3 is 0 Å². The summed E-state index contributed by atoms with van der Waals surface area (Å²) in [5.74, 6) is 0.940. The van der Waals surface area contributed by atoms with Crippen molar-refractivity contribution in [3.05, 3.63) is 111 Å². The van der Waals surface area contributed by atoms with Crippen LogP contribution in [0.25, 0.3) is 21.8 Å². The smallest absolute Gasteiger partial charge is 0.261 e. The quantitative estimate of drug-likeness (QED) is 0.114. The molecule has 0 unspecified atom stereocenters. The monoisotopic (exact) mass is 836 g/mol. The number of nitrogens with one attached hydrogen (secondary N) is 1. The zero-order chi connectivity index (χ0) is 42.1. The van der Waals surface area contributed by atoms with Crippen LogP contribution in [0.5, 0.6) is 5.75 Å². The second-order valence-electron chi connectivity index (χ2n) is 16.6. The third kappa shape index (κ3) is 11.7. The Balaban J connectivity index is 0.000000706. The molecule has 8 rings (SSSR count). The molecule has 13 heteroatoms. The van der Waals surface area contributed by atoms with E-state index in [-0.39, 0.29) is 30.0 Å². The zero-order valence-electron chi connectivity index (χ0n) is 34.8. The highest BCUT2D eigenvalue weighted by Crippen LogP contribution is 2.41. The molecule has 1 aliphatic carbocycles. The summed E-state index contributed by atoms with van der Waals surface area (Å²) in [4.78, 5) is 52.4. The Morgan fingerprint density at radius 3 is 2.37 bits per heavy atom. The zero-order valence-corrected chi connectivity index (χ0v) is 35.5. The van der Waals surface area contributed by atoms with Crippen LogP contribution >= 0.6 is 11.6 Å². The highest BCUT2D eigenvalue weighted by atomic mass is 35.5. The van der Waals surface area contributed by atoms with Crippen LogP contribution in [0.2, 0.25) is 5.02 Å². The largest absolute Gasteiger partial charge is 0.491 e. The first kappa shape index (κ1) is 43.2. The van der Waals surface area contributed by atoms with E-state index < -0.39 is 5.60 Å². The number of piperidine rings is 2. The summed E-state index contributed by atoms with van der Waals surface area (Å²) in [5.41, 5.74) is 2.75. The van der Waals surface area contributed by atoms with Gasteiger partial charge in [0, 0.05) is 67.8 Å². The highest BCUT2D eigenvalue weighted by molar-refractivity contribution is 6.35. The van der Waals surface area contributed by atoms with Gasteiger partial charge in [0.05, 0.1) is 52.6 Å². The molecule has 5 aromatic rings. The minimum absolute atomic E-state index is 0.0262. The fraction of sp³-hybridized carbons (Fsp3) is 0.468. The van der Waals surface area contributed by atoms with Gasteiger partial charge in [0.25, 0.3) is 11.5 Å². The van der Waals surface area contributed by atoms with Crippen LogP contribution in [0.15, 0.2) is 83.9 Å². The number of aliphatic hydroxyl groups is 1. The summed E-state index contributed by atoms with van der Waals surface area (Å²) in [7, 11) is 2.13. The van der Waals surface area contributed by atoms with Crippen molar-refractivity contribution in [1.29, 1.82) is 0 Å². The van der Waals surface area contributed by atoms with Gasteiger partial charge in [-0.15, -0.1) is 0 Å². The summed E-state index contributed by atoms with van der Waals surface area (Å²) in [5, 5.41) is 16.3. The van der Waals surface area contributed by atoms with E-state index in [2.05, 4.69) is 41.3 Å². The van der Waals surface area contributed by atoms with Crippen LogP contribution in [0.1, 0.15) is 85.3 Å². The Morgan fingerprint density at radius 1 is 0.900 bits per heavy atom. The van der Waals surface area contributed by atoms with E-state index in [0.717, 1.165) is 55.4 Å². The number of likely N-dealkylation sites (tertiary alicyclic amines) is 2. The van der Waals surface area contributed by atoms with Crippen molar-refractivity contribution >= 4 is 45.2 Å². The third-order valence-electron chi connectivity index (χ3n) is 11.8. The molecule has 4 heterocycles. The molecule has 2 saturated heterocycles. The number of hydrogen-bond donors (Lipinski definition) is 2. The summed E-state index contributed by atoms with van der Waals surface area (Å²) in [6.07, 6.45) is 8.44. The summed E-state index contributed by atoms with van der Waals surface area (Å²) < 4.78 is 13.3. The number of rotatable bonds is 14. The maximum atomic E-state index is 13.3. The lowest BCUT2D eigenvalue weighted by Crippen LogP contribution is -2.49. The summed E-state index contributed by atoms with van der Waals surface area (Å²) in [6.45, 7) is 6.48. The molecule has 2 N–H and O–H groups in total. The number of aromatic nitrogens is 3. The second kappa shape index (κ2) is 20.1. The van der Waals surface area contributed by atoms with Crippen molar-refractivity contribution in [1.82, 2.24) is 29.7 Å². The number of amides is 2. The number of carbonyl (C=O) groups excluding carboxylic acids is 2. The molecule has 12 nitrogen and oxygen atoms in total. The second-order valence-corrected chi connectivity index (χ2v) is 17.0. The number of nitrogens with zero attached hydrogens (tertiary/aromatic N) is 5. The minimum Gasteiger partial charge on any atom is -0.491 e. The first-order chi connectivity index (χ1) is 29.0. The molecule has 318 valence electrons. The molecule has 3 aromatic carbocycles. The van der Waals surface area contributed by atoms with Crippen LogP contribution in [0, 0.1) is 6.92 Å². The van der Waals surface area contributed by atoms with Gasteiger partial charge in [-0.3, -0.25) is 23.9 Å². The number of hydrogen-bond acceptors (Lipinski definition) is 9. The Morgan fingerprint density at radius 2 is 1.65 bits per heavy atom. The molecule has 0 radical (unpaired) electrons. The van der Waals surface area contributed by atoms with E-state index in [0.29, 0.717) is 98.1 Å². The predicted octanol–water partition coefficient (Wildman–Crippen LogP) is 6.91. The molecule has 2 amide bonds. The van der Waals surface area contributed by atoms with E-state index in [4.69, 9.17) is 26.1 Å². The van der Waals surface area contributed by atoms with Gasteiger partial charge in [0.1, 0.15) is 12.4 Å². The topological polar surface area (TPSA) is 139 Å². The Labute approximate surface area is 356 Å². The Kier molecular flexibility index (Phi) is 14.5. The van der Waals surface area contributed by atoms with E-state index in [1.165, 1.54) is 16.5 Å². The number of benzene rings is 3. The SMILES string of the molecule is CN1CCC(OCCOc2ccc3c(=O)n(CC4(O)CCN(C(=O)CCCCNC(=O)c5ccc6c(Cl)cc(C7CC7)nc6c5)CC4)cnc3c2)CC1.Cc1ccccc1. The van der Waals surface area contributed by atoms with E-state index in [1.54, 1.807) is 35.2 Å². The molecule has 2 aromatic heterocycles. The maximum absolute atomic E-state index is 13.3. The van der Waals surface area contributed by atoms with Gasteiger partial charge in [-0.05, 0) is 95.7 Å². The van der Waals surface area contributed by atoms with Crippen molar-refractivity contribution in [3.63, 3.8) is 0 Å². The maximum Gasteiger partial charge on any atom is 0.261 e. The molecule has 0 atom stereocenters. The number of ether oxygens (including phenoxy) is 2. The van der Waals surface area contributed by atoms with E-state index in [9.17, 15) is 19.5 Å². The average Bonchev–Trinajstić information content (AvgIpc) is 4.11. The number of pyridine rings is 1. The number of halogens is 1. The first-order valence-electron chi connectivity index (χ1n) is 21.4. The van der Waals surface area contributed by atoms with Crippen molar-refractivity contribution in [3.8, 4) is 5.75 Å². The lowest BCUT2D eigenvalue weighted by molar-refractivity contribution is -0.136. The van der Waals surface area contributed by atoms with Crippen LogP contribution in [-0.4, -0.2) is 106 Å². The summed E-state index contributed by atoms with van der Waals surface area (Å²) in [6, 6.07) is 22.8. The molecule has 0 spiro atoms. The van der Waals surface area contributed by atoms with Gasteiger partial charge in [0.15, 0.2) is 0 Å². The van der Waals surface area contributed by atoms with Gasteiger partial charge < -0.3 is 29.7 Å². The van der Waals surface area contributed by atoms with E-state index in [1.807, 2.05) is 30.3 Å².